The average Bonchev–Trinajstić information content (AvgIpc) is 3.47. The number of quaternary nitrogens is 2. The number of carbonyl (C=O) groups is 2. The number of rotatable bonds is 31. The molecule has 6 rings (SSSR count). The van der Waals surface area contributed by atoms with Gasteiger partial charge in [0.15, 0.2) is 46.0 Å². The van der Waals surface area contributed by atoms with Crippen molar-refractivity contribution in [1.82, 2.24) is 0 Å². The lowest BCUT2D eigenvalue weighted by Crippen LogP contribution is -2.52. The van der Waals surface area contributed by atoms with E-state index in [9.17, 15) is 9.59 Å². The zero-order chi connectivity index (χ0) is 54.8. The number of likely N-dealkylation sites (N-methyl/N-ethyl adjacent to an activating group) is 2. The zero-order valence-corrected chi connectivity index (χ0v) is 47.5. The molecule has 76 heavy (non-hydrogen) atoms. The fraction of sp³-hybridized carbons (Fsp3) is 0.567. The van der Waals surface area contributed by atoms with Gasteiger partial charge in [0, 0.05) is 62.5 Å². The fourth-order valence-electron chi connectivity index (χ4n) is 11.4. The molecule has 2 unspecified atom stereocenters. The van der Waals surface area contributed by atoms with Crippen molar-refractivity contribution >= 4 is 11.9 Å². The van der Waals surface area contributed by atoms with Crippen LogP contribution >= 0.6 is 0 Å². The summed E-state index contributed by atoms with van der Waals surface area (Å²) >= 11 is 0. The topological polar surface area (TPSA) is 145 Å². The molecular formula is C60H86N2O14+2. The molecule has 2 aliphatic heterocycles. The van der Waals surface area contributed by atoms with Crippen molar-refractivity contribution < 1.29 is 75.4 Å². The summed E-state index contributed by atoms with van der Waals surface area (Å²) < 4.78 is 70.0. The van der Waals surface area contributed by atoms with E-state index in [-0.39, 0.29) is 24.0 Å². The molecule has 0 bridgehead atoms. The molecule has 4 aromatic carbocycles. The molecule has 0 fully saturated rings. The van der Waals surface area contributed by atoms with Crippen LogP contribution in [0.15, 0.2) is 48.5 Å². The van der Waals surface area contributed by atoms with Gasteiger partial charge in [0.1, 0.15) is 12.1 Å². The van der Waals surface area contributed by atoms with E-state index >= 15 is 0 Å². The van der Waals surface area contributed by atoms with Crippen LogP contribution in [0, 0.1) is 0 Å². The summed E-state index contributed by atoms with van der Waals surface area (Å²) in [5.41, 5.74) is 7.02. The third-order valence-electron chi connectivity index (χ3n) is 15.8. The Morgan fingerprint density at radius 1 is 0.408 bits per heavy atom. The molecule has 16 heteroatoms. The summed E-state index contributed by atoms with van der Waals surface area (Å²) in [6.45, 7) is 4.21. The first-order valence-corrected chi connectivity index (χ1v) is 26.8. The average molecular weight is 1060 g/mol. The highest BCUT2D eigenvalue weighted by molar-refractivity contribution is 5.69. The van der Waals surface area contributed by atoms with Gasteiger partial charge >= 0.3 is 11.9 Å². The van der Waals surface area contributed by atoms with Crippen molar-refractivity contribution in [2.24, 2.45) is 0 Å². The van der Waals surface area contributed by atoms with Crippen molar-refractivity contribution in [2.45, 2.75) is 102 Å². The van der Waals surface area contributed by atoms with E-state index in [1.165, 1.54) is 22.3 Å². The van der Waals surface area contributed by atoms with E-state index < -0.39 is 0 Å². The minimum Gasteiger partial charge on any atom is -0.493 e. The Morgan fingerprint density at radius 2 is 0.724 bits per heavy atom. The van der Waals surface area contributed by atoms with Crippen molar-refractivity contribution in [3.8, 4) is 57.5 Å². The number of fused-ring (bicyclic) bond motifs is 2. The molecule has 0 N–H and O–H groups in total. The lowest BCUT2D eigenvalue weighted by Gasteiger charge is -2.46. The maximum atomic E-state index is 12.9. The lowest BCUT2D eigenvalue weighted by molar-refractivity contribution is -0.941. The second kappa shape index (κ2) is 28.2. The summed E-state index contributed by atoms with van der Waals surface area (Å²) in [5.74, 6) is 6.10. The Bertz CT molecular complexity index is 2330. The maximum absolute atomic E-state index is 12.9. The van der Waals surface area contributed by atoms with E-state index in [1.807, 2.05) is 24.3 Å². The number of unbranched alkanes of at least 4 members (excludes halogenated alkanes) is 5. The molecule has 4 atom stereocenters. The van der Waals surface area contributed by atoms with Gasteiger partial charge in [-0.25, -0.2) is 0 Å². The third kappa shape index (κ3) is 14.4. The summed E-state index contributed by atoms with van der Waals surface area (Å²) in [6, 6.07) is 16.7. The number of benzene rings is 4. The maximum Gasteiger partial charge on any atom is 0.305 e. The molecule has 0 aliphatic carbocycles. The van der Waals surface area contributed by atoms with Crippen LogP contribution in [-0.2, 0) is 44.7 Å². The highest BCUT2D eigenvalue weighted by atomic mass is 16.6. The second-order valence-corrected chi connectivity index (χ2v) is 20.4. The molecule has 0 radical (unpaired) electrons. The highest BCUT2D eigenvalue weighted by Crippen LogP contribution is 2.47. The van der Waals surface area contributed by atoms with Crippen LogP contribution in [0.2, 0.25) is 0 Å². The van der Waals surface area contributed by atoms with Gasteiger partial charge in [0.2, 0.25) is 11.5 Å². The van der Waals surface area contributed by atoms with Gasteiger partial charge in [-0.2, -0.15) is 0 Å². The zero-order valence-electron chi connectivity index (χ0n) is 47.5. The first kappa shape index (κ1) is 59.0. The van der Waals surface area contributed by atoms with Gasteiger partial charge in [-0.1, -0.05) is 25.7 Å². The van der Waals surface area contributed by atoms with Crippen LogP contribution in [-0.4, -0.2) is 145 Å². The standard InChI is InChI=1S/C60H86N2O14/c1-61(27-23-43-37-49(65-3)51(67-5)39-45(43)47(61)31-41-33-53(69-7)59(73-11)54(34-41)70-8)25-19-29-75-57(63)21-17-15-13-14-16-18-22-58(64)76-30-20-26-62(2)28-24-44-38-50(66-4)52(68-6)40-46(44)48(62)32-42-35-55(71-9)60(74-12)56(36-42)72-10/h33-40,47-48H,13-32H2,1-12H3/q+2/t47-,48+,61?,62?. The molecule has 418 valence electrons. The molecule has 16 nitrogen and oxygen atoms in total. The van der Waals surface area contributed by atoms with Crippen LogP contribution in [0.3, 0.4) is 0 Å². The SMILES string of the molecule is COc1cc2c(cc1OC)[C@@H](Cc1cc(OC)c(OC)c(OC)c1)[N+](C)(CCCOC(=O)CCCCCCCCC(=O)OCCC[N+]1(C)CCc3cc(OC)c(OC)cc3[C@@H]1Cc1cc(OC)c(OC)c(OC)c1)CC2. The number of carbonyl (C=O) groups excluding carboxylic acids is 2. The normalized spacial score (nSPS) is 18.6. The Balaban J connectivity index is 0.909. The third-order valence-corrected chi connectivity index (χ3v) is 15.8. The van der Waals surface area contributed by atoms with Crippen molar-refractivity contribution in [3.63, 3.8) is 0 Å². The Hall–Kier alpha value is -6.26. The molecule has 2 heterocycles. The molecule has 2 aliphatic rings. The molecule has 0 saturated heterocycles. The number of ether oxygens (including phenoxy) is 12. The van der Waals surface area contributed by atoms with Gasteiger partial charge in [-0.15, -0.1) is 0 Å². The van der Waals surface area contributed by atoms with Crippen molar-refractivity contribution in [2.75, 3.05) is 125 Å². The summed E-state index contributed by atoms with van der Waals surface area (Å²) in [4.78, 5) is 25.7. The largest absolute Gasteiger partial charge is 0.493 e. The Kier molecular flexibility index (Phi) is 21.9. The number of nitrogens with zero attached hydrogens (tertiary/aromatic N) is 2. The van der Waals surface area contributed by atoms with Gasteiger partial charge in [0.25, 0.3) is 0 Å². The number of methoxy groups -OCH3 is 10. The molecule has 0 saturated carbocycles. The Morgan fingerprint density at radius 3 is 1.04 bits per heavy atom. The van der Waals surface area contributed by atoms with Crippen LogP contribution < -0.4 is 47.4 Å². The molecule has 0 amide bonds. The van der Waals surface area contributed by atoms with Crippen LogP contribution in [0.5, 0.6) is 57.5 Å². The second-order valence-electron chi connectivity index (χ2n) is 20.4. The number of hydrogen-bond acceptors (Lipinski definition) is 14. The quantitative estimate of drug-likeness (QED) is 0.0268. The molecule has 0 aromatic heterocycles. The van der Waals surface area contributed by atoms with Gasteiger partial charge in [-0.05, 0) is 83.6 Å². The van der Waals surface area contributed by atoms with Crippen LogP contribution in [0.1, 0.15) is 110 Å². The summed E-state index contributed by atoms with van der Waals surface area (Å²) in [6.07, 6.45) is 10.9. The highest BCUT2D eigenvalue weighted by Gasteiger charge is 2.42. The number of hydrogen-bond donors (Lipinski definition) is 0. The van der Waals surface area contributed by atoms with E-state index in [0.29, 0.717) is 84.9 Å². The van der Waals surface area contributed by atoms with Crippen LogP contribution in [0.25, 0.3) is 0 Å². The van der Waals surface area contributed by atoms with Gasteiger partial charge < -0.3 is 65.8 Å². The Labute approximate surface area is 451 Å². The summed E-state index contributed by atoms with van der Waals surface area (Å²) in [5, 5.41) is 0. The first-order chi connectivity index (χ1) is 36.7. The predicted molar refractivity (Wildman–Crippen MR) is 292 cm³/mol. The molecular weight excluding hydrogens is 973 g/mol. The minimum atomic E-state index is -0.156. The smallest absolute Gasteiger partial charge is 0.305 e. The van der Waals surface area contributed by atoms with Crippen molar-refractivity contribution in [3.05, 3.63) is 81.9 Å². The van der Waals surface area contributed by atoms with Crippen molar-refractivity contribution in [1.29, 1.82) is 0 Å². The van der Waals surface area contributed by atoms with E-state index in [0.717, 1.165) is 122 Å². The summed E-state index contributed by atoms with van der Waals surface area (Å²) in [7, 11) is 21.0. The van der Waals surface area contributed by atoms with Crippen LogP contribution in [0.4, 0.5) is 0 Å². The molecule has 0 spiro atoms. The van der Waals surface area contributed by atoms with E-state index in [1.54, 1.807) is 71.1 Å². The van der Waals surface area contributed by atoms with E-state index in [2.05, 4.69) is 38.4 Å². The van der Waals surface area contributed by atoms with Gasteiger partial charge in [-0.3, -0.25) is 9.59 Å². The van der Waals surface area contributed by atoms with Gasteiger partial charge in [0.05, 0.1) is 125 Å². The first-order valence-electron chi connectivity index (χ1n) is 26.8. The molecule has 4 aromatic rings. The monoisotopic (exact) mass is 1060 g/mol. The van der Waals surface area contributed by atoms with E-state index in [4.69, 9.17) is 56.8 Å². The minimum absolute atomic E-state index is 0.0764. The number of esters is 2. The fourth-order valence-corrected chi connectivity index (χ4v) is 11.4. The lowest BCUT2D eigenvalue weighted by atomic mass is 9.86. The predicted octanol–water partition coefficient (Wildman–Crippen LogP) is 10.0.